The summed E-state index contributed by atoms with van der Waals surface area (Å²) < 4.78 is 48.4. The minimum Gasteiger partial charge on any atom is -0.466 e. The summed E-state index contributed by atoms with van der Waals surface area (Å²) in [5.41, 5.74) is -0.807. The van der Waals surface area contributed by atoms with Crippen LogP contribution in [0.15, 0.2) is 64.6 Å². The number of aromatic nitrogens is 3. The zero-order valence-corrected chi connectivity index (χ0v) is 26.3. The third-order valence-corrected chi connectivity index (χ3v) is 7.81. The maximum absolute atomic E-state index is 14.1. The summed E-state index contributed by atoms with van der Waals surface area (Å²) in [5.74, 6) is -1.30. The number of rotatable bonds is 11. The number of nitriles is 1. The Kier molecular flexibility index (Phi) is 10.4. The summed E-state index contributed by atoms with van der Waals surface area (Å²) >= 11 is 0. The van der Waals surface area contributed by atoms with Crippen molar-refractivity contribution in [2.24, 2.45) is 0 Å². The monoisotopic (exact) mass is 639 g/mol. The first-order valence-electron chi connectivity index (χ1n) is 14.6. The van der Waals surface area contributed by atoms with Crippen LogP contribution < -0.4 is 10.6 Å². The van der Waals surface area contributed by atoms with E-state index in [9.17, 15) is 32.8 Å². The number of carbonyl (C=O) groups is 2. The lowest BCUT2D eigenvalue weighted by molar-refractivity contribution is -0.138. The highest BCUT2D eigenvalue weighted by atomic mass is 19.4. The van der Waals surface area contributed by atoms with Crippen molar-refractivity contribution in [3.63, 3.8) is 0 Å². The van der Waals surface area contributed by atoms with E-state index in [-0.39, 0.29) is 28.8 Å². The van der Waals surface area contributed by atoms with Crippen LogP contribution in [0.25, 0.3) is 0 Å². The Morgan fingerprint density at radius 2 is 1.72 bits per heavy atom. The summed E-state index contributed by atoms with van der Waals surface area (Å²) in [7, 11) is 6.76. The molecule has 0 radical (unpaired) electrons. The summed E-state index contributed by atoms with van der Waals surface area (Å²) in [6.07, 6.45) is -2.02. The van der Waals surface area contributed by atoms with Crippen molar-refractivity contribution in [3.05, 3.63) is 87.0 Å². The molecular weight excluding hydrogens is 603 g/mol. The van der Waals surface area contributed by atoms with Crippen molar-refractivity contribution < 1.29 is 27.5 Å². The lowest BCUT2D eigenvalue weighted by Crippen LogP contribution is -2.39. The molecule has 1 atom stereocenters. The average molecular weight is 640 g/mol. The summed E-state index contributed by atoms with van der Waals surface area (Å²) in [5, 5.41) is 13.8. The number of unbranched alkanes of at least 4 members (excludes halogenated alkanes) is 2. The number of allylic oxidation sites excluding steroid dienone is 1. The normalized spacial score (nSPS) is 14.7. The van der Waals surface area contributed by atoms with Crippen LogP contribution in [-0.4, -0.2) is 77.4 Å². The molecular formula is C32H36F3N7O4. The molecule has 14 heteroatoms. The molecule has 0 fully saturated rings. The highest BCUT2D eigenvalue weighted by molar-refractivity contribution is 5.93. The second kappa shape index (κ2) is 14.0. The number of fused-ring (bicyclic) bond motifs is 1. The number of carbonyl (C=O) groups excluding carboxylic acids is 2. The maximum Gasteiger partial charge on any atom is 0.416 e. The number of halogens is 3. The predicted octanol–water partition coefficient (Wildman–Crippen LogP) is 4.31. The molecule has 0 aliphatic carbocycles. The van der Waals surface area contributed by atoms with Crippen LogP contribution in [0.1, 0.15) is 48.9 Å². The highest BCUT2D eigenvalue weighted by Gasteiger charge is 2.41. The zero-order chi connectivity index (χ0) is 33.8. The van der Waals surface area contributed by atoms with Crippen LogP contribution in [0.4, 0.5) is 24.8 Å². The van der Waals surface area contributed by atoms with Crippen molar-refractivity contribution in [3.8, 4) is 6.07 Å². The number of nitrogens with zero attached hydrogens (tertiary/aromatic N) is 7. The third-order valence-electron chi connectivity index (χ3n) is 7.81. The van der Waals surface area contributed by atoms with Crippen LogP contribution in [0, 0.1) is 11.3 Å². The van der Waals surface area contributed by atoms with Gasteiger partial charge in [-0.25, -0.2) is 18.8 Å². The first-order chi connectivity index (χ1) is 21.8. The molecule has 2 aromatic carbocycles. The van der Waals surface area contributed by atoms with Crippen LogP contribution in [0.2, 0.25) is 0 Å². The molecule has 1 aromatic heterocycles. The summed E-state index contributed by atoms with van der Waals surface area (Å²) in [6.45, 7) is 2.48. The number of alkyl halides is 3. The second-order valence-electron chi connectivity index (χ2n) is 11.3. The van der Waals surface area contributed by atoms with Gasteiger partial charge in [0, 0.05) is 25.0 Å². The first kappa shape index (κ1) is 34.0. The van der Waals surface area contributed by atoms with Crippen molar-refractivity contribution in [1.29, 1.82) is 5.26 Å². The standard InChI is InChI=1S/C32H36F3N7O4/c1-21-27(29(44)46-5)28(23-14-12-22(19-36)13-15-23)42-30(41(21)25-11-9-10-24(18-25)32(33,34)35)37-40(31(42)45)20-26(43)39(4)17-8-6-7-16-38(2)3/h9-15,18,28H,6-8,16-17,20H2,1-5H3/t28-/m1/s1. The van der Waals surface area contributed by atoms with E-state index in [4.69, 9.17) is 4.74 Å². The molecule has 2 heterocycles. The fraction of sp³-hybridized carbons (Fsp3) is 0.406. The maximum atomic E-state index is 14.1. The van der Waals surface area contributed by atoms with E-state index in [0.717, 1.165) is 54.3 Å². The number of hydrogen-bond acceptors (Lipinski definition) is 8. The molecule has 3 aromatic rings. The smallest absolute Gasteiger partial charge is 0.416 e. The van der Waals surface area contributed by atoms with E-state index >= 15 is 0 Å². The van der Waals surface area contributed by atoms with Gasteiger partial charge >= 0.3 is 17.8 Å². The highest BCUT2D eigenvalue weighted by Crippen LogP contribution is 2.43. The van der Waals surface area contributed by atoms with E-state index in [0.29, 0.717) is 17.7 Å². The number of ether oxygens (including phenoxy) is 1. The number of hydrogen-bond donors (Lipinski definition) is 0. The van der Waals surface area contributed by atoms with Gasteiger partial charge < -0.3 is 14.5 Å². The molecule has 0 bridgehead atoms. The fourth-order valence-electron chi connectivity index (χ4n) is 5.37. The van der Waals surface area contributed by atoms with Gasteiger partial charge in [-0.3, -0.25) is 9.69 Å². The topological polar surface area (TPSA) is 117 Å². The Balaban J connectivity index is 1.83. The minimum atomic E-state index is -4.66. The van der Waals surface area contributed by atoms with E-state index in [1.54, 1.807) is 19.2 Å². The molecule has 0 spiro atoms. The average Bonchev–Trinajstić information content (AvgIpc) is 3.33. The number of anilines is 2. The van der Waals surface area contributed by atoms with Crippen LogP contribution >= 0.6 is 0 Å². The number of esters is 1. The van der Waals surface area contributed by atoms with Crippen molar-refractivity contribution in [2.75, 3.05) is 46.2 Å². The Morgan fingerprint density at radius 1 is 1.04 bits per heavy atom. The number of benzene rings is 2. The lowest BCUT2D eigenvalue weighted by Gasteiger charge is -2.35. The van der Waals surface area contributed by atoms with Crippen LogP contribution in [0.3, 0.4) is 0 Å². The van der Waals surface area contributed by atoms with Gasteiger partial charge in [0.25, 0.3) is 0 Å². The molecule has 0 saturated carbocycles. The largest absolute Gasteiger partial charge is 0.466 e. The van der Waals surface area contributed by atoms with Crippen molar-refractivity contribution in [2.45, 2.75) is 44.9 Å². The molecule has 0 unspecified atom stereocenters. The molecule has 4 rings (SSSR count). The predicted molar refractivity (Wildman–Crippen MR) is 164 cm³/mol. The molecule has 1 aliphatic rings. The van der Waals surface area contributed by atoms with Gasteiger partial charge in [0.05, 0.1) is 29.9 Å². The molecule has 1 aliphatic heterocycles. The third kappa shape index (κ3) is 7.15. The zero-order valence-electron chi connectivity index (χ0n) is 26.3. The number of methoxy groups -OCH3 is 1. The van der Waals surface area contributed by atoms with Gasteiger partial charge in [-0.15, -0.1) is 5.10 Å². The first-order valence-corrected chi connectivity index (χ1v) is 14.6. The number of amides is 1. The fourth-order valence-corrected chi connectivity index (χ4v) is 5.37. The minimum absolute atomic E-state index is 0.00780. The molecule has 1 amide bonds. The summed E-state index contributed by atoms with van der Waals surface area (Å²) in [4.78, 5) is 45.5. The second-order valence-corrected chi connectivity index (χ2v) is 11.3. The van der Waals surface area contributed by atoms with Gasteiger partial charge in [0.15, 0.2) is 0 Å². The van der Waals surface area contributed by atoms with Crippen molar-refractivity contribution >= 4 is 23.5 Å². The number of likely N-dealkylation sites (N-methyl/N-ethyl adjacent to an activating group) is 1. The Labute approximate surface area is 264 Å². The van der Waals surface area contributed by atoms with Gasteiger partial charge in [0.2, 0.25) is 11.9 Å². The Morgan fingerprint density at radius 3 is 2.33 bits per heavy atom. The van der Waals surface area contributed by atoms with Gasteiger partial charge in [-0.2, -0.15) is 18.4 Å². The molecule has 0 saturated heterocycles. The molecule has 46 heavy (non-hydrogen) atoms. The Hall–Kier alpha value is -4.90. The van der Waals surface area contributed by atoms with E-state index < -0.39 is 36.0 Å². The van der Waals surface area contributed by atoms with Crippen LogP contribution in [-0.2, 0) is 27.0 Å². The molecule has 11 nitrogen and oxygen atoms in total. The Bertz CT molecular complexity index is 1720. The van der Waals surface area contributed by atoms with E-state index in [2.05, 4.69) is 10.00 Å². The lowest BCUT2D eigenvalue weighted by atomic mass is 9.93. The van der Waals surface area contributed by atoms with Crippen molar-refractivity contribution in [1.82, 2.24) is 24.1 Å². The molecule has 0 N–H and O–H groups in total. The SMILES string of the molecule is COC(=O)C1=C(C)N(c2cccc(C(F)(F)F)c2)c2nn(CC(=O)N(C)CCCCCN(C)C)c(=O)n2[C@@H]1c1ccc(C#N)cc1. The van der Waals surface area contributed by atoms with Gasteiger partial charge in [-0.1, -0.05) is 24.6 Å². The quantitative estimate of drug-likeness (QED) is 0.225. The van der Waals surface area contributed by atoms with Gasteiger partial charge in [-0.05, 0) is 76.3 Å². The van der Waals surface area contributed by atoms with Gasteiger partial charge in [0.1, 0.15) is 12.6 Å². The van der Waals surface area contributed by atoms with E-state index in [1.807, 2.05) is 20.2 Å². The molecule has 244 valence electrons. The summed E-state index contributed by atoms with van der Waals surface area (Å²) in [6, 6.07) is 11.5. The van der Waals surface area contributed by atoms with E-state index in [1.165, 1.54) is 41.0 Å². The van der Waals surface area contributed by atoms with Crippen LogP contribution in [0.5, 0.6) is 0 Å².